The van der Waals surface area contributed by atoms with Gasteiger partial charge >= 0.3 is 0 Å². The quantitative estimate of drug-likeness (QED) is 0.414. The Labute approximate surface area is 203 Å². The van der Waals surface area contributed by atoms with Gasteiger partial charge < -0.3 is 9.80 Å². The lowest BCUT2D eigenvalue weighted by Gasteiger charge is -2.26. The van der Waals surface area contributed by atoms with E-state index in [1.807, 2.05) is 88.4 Å². The Morgan fingerprint density at radius 3 is 1.70 bits per heavy atom. The third-order valence-electron chi connectivity index (χ3n) is 4.74. The van der Waals surface area contributed by atoms with Crippen molar-refractivity contribution in [3.05, 3.63) is 60.7 Å². The Kier molecular flexibility index (Phi) is 8.96. The molecule has 2 amide bonds. The van der Waals surface area contributed by atoms with Gasteiger partial charge in [-0.3, -0.25) is 14.7 Å². The lowest BCUT2D eigenvalue weighted by Crippen LogP contribution is -2.38. The molecule has 1 heterocycles. The van der Waals surface area contributed by atoms with Crippen LogP contribution < -0.4 is 9.80 Å². The number of nitrogens with zero attached hydrogens (tertiary/aromatic N) is 4. The molecule has 7 nitrogen and oxygen atoms in total. The van der Waals surface area contributed by atoms with Crippen LogP contribution in [0.3, 0.4) is 0 Å². The molecule has 0 unspecified atom stereocenters. The largest absolute Gasteiger partial charge is 0.309 e. The maximum Gasteiger partial charge on any atom is 0.237 e. The summed E-state index contributed by atoms with van der Waals surface area (Å²) >= 11 is 2.58. The molecule has 0 saturated carbocycles. The number of hydrogen-bond acceptors (Lipinski definition) is 6. The lowest BCUT2D eigenvalue weighted by atomic mass is 10.2. The highest BCUT2D eigenvalue weighted by Crippen LogP contribution is 2.23. The molecule has 174 valence electrons. The summed E-state index contributed by atoms with van der Waals surface area (Å²) < 4.78 is 0. The van der Waals surface area contributed by atoms with Gasteiger partial charge in [-0.1, -0.05) is 59.9 Å². The average molecular weight is 484 g/mol. The van der Waals surface area contributed by atoms with Crippen LogP contribution in [0, 0.1) is 0 Å². The van der Waals surface area contributed by atoms with E-state index >= 15 is 0 Å². The summed E-state index contributed by atoms with van der Waals surface area (Å²) in [5, 5.41) is 8.09. The van der Waals surface area contributed by atoms with E-state index in [2.05, 4.69) is 15.2 Å². The van der Waals surface area contributed by atoms with Crippen LogP contribution in [0.2, 0.25) is 0 Å². The monoisotopic (exact) mass is 483 g/mol. The minimum atomic E-state index is -0.00850. The van der Waals surface area contributed by atoms with E-state index in [4.69, 9.17) is 0 Å². The SMILES string of the molecule is CC(C)N(C(=O)CSc1n[nH]c(SCC(=O)N(c2ccccc2)C(C)C)n1)c1ccccc1. The van der Waals surface area contributed by atoms with Crippen molar-refractivity contribution in [3.8, 4) is 0 Å². The first-order chi connectivity index (χ1) is 15.9. The van der Waals surface area contributed by atoms with Crippen molar-refractivity contribution in [1.82, 2.24) is 15.2 Å². The smallest absolute Gasteiger partial charge is 0.237 e. The van der Waals surface area contributed by atoms with Crippen LogP contribution in [0.5, 0.6) is 0 Å². The highest BCUT2D eigenvalue weighted by atomic mass is 32.2. The summed E-state index contributed by atoms with van der Waals surface area (Å²) in [5.74, 6) is 0.451. The molecule has 3 rings (SSSR count). The topological polar surface area (TPSA) is 82.2 Å². The number of hydrogen-bond donors (Lipinski definition) is 1. The molecule has 0 aliphatic carbocycles. The molecular formula is C24H29N5O2S2. The molecule has 0 atom stereocenters. The van der Waals surface area contributed by atoms with Crippen molar-refractivity contribution < 1.29 is 9.59 Å². The van der Waals surface area contributed by atoms with Crippen LogP contribution in [0.4, 0.5) is 11.4 Å². The molecule has 0 spiro atoms. The molecule has 1 N–H and O–H groups in total. The average Bonchev–Trinajstić information content (AvgIpc) is 3.25. The number of benzene rings is 2. The molecule has 33 heavy (non-hydrogen) atoms. The summed E-state index contributed by atoms with van der Waals surface area (Å²) in [4.78, 5) is 33.7. The number of H-pyrrole nitrogens is 1. The highest BCUT2D eigenvalue weighted by Gasteiger charge is 2.21. The van der Waals surface area contributed by atoms with Crippen LogP contribution in [0.15, 0.2) is 71.0 Å². The Balaban J connectivity index is 1.55. The molecule has 3 aromatic rings. The van der Waals surface area contributed by atoms with Crippen LogP contribution >= 0.6 is 23.5 Å². The Bertz CT molecular complexity index is 959. The molecule has 0 radical (unpaired) electrons. The number of carbonyl (C=O) groups is 2. The first-order valence-electron chi connectivity index (χ1n) is 10.8. The van der Waals surface area contributed by atoms with E-state index in [0.29, 0.717) is 10.3 Å². The van der Waals surface area contributed by atoms with Gasteiger partial charge in [-0.2, -0.15) is 4.98 Å². The second-order valence-electron chi connectivity index (χ2n) is 7.89. The van der Waals surface area contributed by atoms with Crippen LogP contribution in [0.25, 0.3) is 0 Å². The van der Waals surface area contributed by atoms with Crippen LogP contribution in [-0.2, 0) is 9.59 Å². The number of aromatic nitrogens is 3. The summed E-state index contributed by atoms with van der Waals surface area (Å²) in [6.45, 7) is 7.96. The fourth-order valence-electron chi connectivity index (χ4n) is 3.39. The maximum atomic E-state index is 12.8. The van der Waals surface area contributed by atoms with Crippen molar-refractivity contribution in [2.45, 2.75) is 50.1 Å². The van der Waals surface area contributed by atoms with E-state index in [1.54, 1.807) is 9.80 Å². The standard InChI is InChI=1S/C24H29N5O2S2/c1-17(2)28(19-11-7-5-8-12-19)21(30)15-32-23-25-24(27-26-23)33-16-22(31)29(18(3)4)20-13-9-6-10-14-20/h5-14,17-18H,15-16H2,1-4H3,(H,25,26,27). The van der Waals surface area contributed by atoms with E-state index < -0.39 is 0 Å². The Hall–Kier alpha value is -2.78. The van der Waals surface area contributed by atoms with Crippen LogP contribution in [0.1, 0.15) is 27.7 Å². The Morgan fingerprint density at radius 2 is 1.24 bits per heavy atom. The van der Waals surface area contributed by atoms with Gasteiger partial charge in [-0.05, 0) is 52.0 Å². The second-order valence-corrected chi connectivity index (χ2v) is 9.79. The van der Waals surface area contributed by atoms with Gasteiger partial charge in [-0.25, -0.2) is 0 Å². The number of anilines is 2. The highest BCUT2D eigenvalue weighted by molar-refractivity contribution is 8.00. The fraction of sp³-hybridized carbons (Fsp3) is 0.333. The van der Waals surface area contributed by atoms with Crippen molar-refractivity contribution in [1.29, 1.82) is 0 Å². The number of para-hydroxylation sites is 2. The summed E-state index contributed by atoms with van der Waals surface area (Å²) in [7, 11) is 0. The maximum absolute atomic E-state index is 12.8. The van der Waals surface area contributed by atoms with Gasteiger partial charge in [0.15, 0.2) is 5.16 Å². The number of carbonyl (C=O) groups excluding carboxylic acids is 2. The lowest BCUT2D eigenvalue weighted by molar-refractivity contribution is -0.117. The first-order valence-corrected chi connectivity index (χ1v) is 12.8. The number of nitrogens with one attached hydrogen (secondary N) is 1. The molecule has 9 heteroatoms. The fourth-order valence-corrected chi connectivity index (χ4v) is 4.77. The van der Waals surface area contributed by atoms with Gasteiger partial charge in [0, 0.05) is 23.5 Å². The van der Waals surface area contributed by atoms with Crippen LogP contribution in [-0.4, -0.2) is 50.6 Å². The van der Waals surface area contributed by atoms with Crippen molar-refractivity contribution >= 4 is 46.7 Å². The summed E-state index contributed by atoms with van der Waals surface area (Å²) in [6, 6.07) is 19.3. The van der Waals surface area contributed by atoms with Gasteiger partial charge in [0.05, 0.1) is 11.5 Å². The molecule has 0 fully saturated rings. The predicted molar refractivity (Wildman–Crippen MR) is 136 cm³/mol. The third kappa shape index (κ3) is 6.85. The first kappa shape index (κ1) is 24.9. The summed E-state index contributed by atoms with van der Waals surface area (Å²) in [6.07, 6.45) is 0. The van der Waals surface area contributed by atoms with E-state index in [9.17, 15) is 9.59 Å². The van der Waals surface area contributed by atoms with Crippen molar-refractivity contribution in [3.63, 3.8) is 0 Å². The number of thioether (sulfide) groups is 2. The minimum Gasteiger partial charge on any atom is -0.309 e. The molecule has 0 saturated heterocycles. The van der Waals surface area contributed by atoms with Gasteiger partial charge in [-0.15, -0.1) is 5.10 Å². The molecule has 0 bridgehead atoms. The van der Waals surface area contributed by atoms with E-state index in [1.165, 1.54) is 23.5 Å². The normalized spacial score (nSPS) is 11.1. The van der Waals surface area contributed by atoms with Gasteiger partial charge in [0.1, 0.15) is 0 Å². The molecule has 0 aliphatic rings. The van der Waals surface area contributed by atoms with E-state index in [-0.39, 0.29) is 35.4 Å². The predicted octanol–water partition coefficient (Wildman–Crippen LogP) is 4.87. The van der Waals surface area contributed by atoms with Crippen molar-refractivity contribution in [2.24, 2.45) is 0 Å². The third-order valence-corrected chi connectivity index (χ3v) is 6.42. The Morgan fingerprint density at radius 1 is 0.788 bits per heavy atom. The molecule has 2 aromatic carbocycles. The minimum absolute atomic E-state index is 0.00239. The van der Waals surface area contributed by atoms with Crippen molar-refractivity contribution in [2.75, 3.05) is 21.3 Å². The molecule has 0 aliphatic heterocycles. The second kappa shape index (κ2) is 11.9. The number of rotatable bonds is 10. The molecular weight excluding hydrogens is 454 g/mol. The zero-order valence-electron chi connectivity index (χ0n) is 19.3. The number of amides is 2. The van der Waals surface area contributed by atoms with E-state index in [0.717, 1.165) is 11.4 Å². The van der Waals surface area contributed by atoms with Gasteiger partial charge in [0.25, 0.3) is 0 Å². The zero-order chi connectivity index (χ0) is 23.8. The zero-order valence-corrected chi connectivity index (χ0v) is 20.9. The van der Waals surface area contributed by atoms with Gasteiger partial charge in [0.2, 0.25) is 17.0 Å². The number of aromatic amines is 1. The molecule has 1 aromatic heterocycles. The summed E-state index contributed by atoms with van der Waals surface area (Å²) in [5.41, 5.74) is 1.74.